The van der Waals surface area contributed by atoms with Crippen LogP contribution in [0.15, 0.2) is 4.63 Å². The molecule has 2 aliphatic rings. The van der Waals surface area contributed by atoms with Crippen LogP contribution in [0.4, 0.5) is 11.6 Å². The Morgan fingerprint density at radius 2 is 1.96 bits per heavy atom. The van der Waals surface area contributed by atoms with Gasteiger partial charge in [-0.1, -0.05) is 0 Å². The highest BCUT2D eigenvalue weighted by Crippen LogP contribution is 2.28. The summed E-state index contributed by atoms with van der Waals surface area (Å²) in [4.78, 5) is 11.5. The summed E-state index contributed by atoms with van der Waals surface area (Å²) in [6.07, 6.45) is 4.80. The molecule has 9 heteroatoms. The number of hydrogen-bond acceptors (Lipinski definition) is 9. The van der Waals surface area contributed by atoms with Crippen molar-refractivity contribution < 1.29 is 9.37 Å². The van der Waals surface area contributed by atoms with Crippen LogP contribution in [0.1, 0.15) is 25.7 Å². The topological polar surface area (TPSA) is 101 Å². The van der Waals surface area contributed by atoms with Gasteiger partial charge >= 0.3 is 0 Å². The summed E-state index contributed by atoms with van der Waals surface area (Å²) in [7, 11) is 1.75. The lowest BCUT2D eigenvalue weighted by Gasteiger charge is -2.32. The Morgan fingerprint density at radius 1 is 1.16 bits per heavy atom. The fourth-order valence-electron chi connectivity index (χ4n) is 3.27. The van der Waals surface area contributed by atoms with Crippen LogP contribution in [0.2, 0.25) is 0 Å². The van der Waals surface area contributed by atoms with E-state index >= 15 is 0 Å². The Bertz CT molecular complexity index is 703. The van der Waals surface area contributed by atoms with Gasteiger partial charge in [-0.25, -0.2) is 14.6 Å². The van der Waals surface area contributed by atoms with Crippen molar-refractivity contribution in [1.29, 1.82) is 0 Å². The second kappa shape index (κ2) is 7.49. The summed E-state index contributed by atoms with van der Waals surface area (Å²) in [5, 5.41) is 14.5. The highest BCUT2D eigenvalue weighted by atomic mass is 16.6. The van der Waals surface area contributed by atoms with E-state index in [0.29, 0.717) is 23.3 Å². The molecule has 3 heterocycles. The van der Waals surface area contributed by atoms with Crippen molar-refractivity contribution in [3.63, 3.8) is 0 Å². The van der Waals surface area contributed by atoms with Crippen molar-refractivity contribution in [2.75, 3.05) is 50.5 Å². The van der Waals surface area contributed by atoms with Crippen molar-refractivity contribution in [3.8, 4) is 0 Å². The zero-order valence-corrected chi connectivity index (χ0v) is 14.6. The van der Waals surface area contributed by atoms with Crippen LogP contribution in [-0.4, -0.2) is 71.1 Å². The first-order valence-electron chi connectivity index (χ1n) is 9.04. The average molecular weight is 347 g/mol. The largest absolute Gasteiger partial charge is 0.383 e. The fraction of sp³-hybridized carbons (Fsp3) is 0.750. The quantitative estimate of drug-likeness (QED) is 0.733. The van der Waals surface area contributed by atoms with E-state index in [1.807, 2.05) is 0 Å². The van der Waals surface area contributed by atoms with Crippen LogP contribution in [-0.2, 0) is 4.74 Å². The van der Waals surface area contributed by atoms with Crippen molar-refractivity contribution in [2.45, 2.75) is 31.7 Å². The van der Waals surface area contributed by atoms with Gasteiger partial charge in [0.05, 0.1) is 6.61 Å². The molecule has 0 unspecified atom stereocenters. The zero-order chi connectivity index (χ0) is 17.1. The van der Waals surface area contributed by atoms with Gasteiger partial charge in [-0.2, -0.15) is 0 Å². The minimum atomic E-state index is 0.439. The number of aromatic nitrogens is 4. The molecule has 2 aromatic heterocycles. The van der Waals surface area contributed by atoms with Gasteiger partial charge in [0.25, 0.3) is 0 Å². The van der Waals surface area contributed by atoms with E-state index in [1.54, 1.807) is 7.11 Å². The van der Waals surface area contributed by atoms with E-state index in [9.17, 15) is 0 Å². The first kappa shape index (κ1) is 16.5. The molecule has 4 rings (SSSR count). The molecule has 0 aromatic carbocycles. The summed E-state index contributed by atoms with van der Waals surface area (Å²) < 4.78 is 9.94. The molecule has 9 nitrogen and oxygen atoms in total. The molecule has 1 atom stereocenters. The van der Waals surface area contributed by atoms with Gasteiger partial charge < -0.3 is 20.3 Å². The molecule has 0 radical (unpaired) electrons. The Balaban J connectivity index is 1.40. The van der Waals surface area contributed by atoms with Crippen LogP contribution < -0.4 is 10.6 Å². The molecule has 1 saturated heterocycles. The molecule has 0 amide bonds. The van der Waals surface area contributed by atoms with Crippen molar-refractivity contribution in [2.24, 2.45) is 5.92 Å². The van der Waals surface area contributed by atoms with Gasteiger partial charge in [0.1, 0.15) is 0 Å². The van der Waals surface area contributed by atoms with E-state index in [0.717, 1.165) is 44.4 Å². The van der Waals surface area contributed by atoms with Crippen molar-refractivity contribution in [1.82, 2.24) is 25.2 Å². The molecule has 1 saturated carbocycles. The molecule has 2 N–H and O–H groups in total. The molecule has 1 aliphatic heterocycles. The minimum absolute atomic E-state index is 0.439. The zero-order valence-electron chi connectivity index (χ0n) is 14.6. The van der Waals surface area contributed by atoms with Gasteiger partial charge in [-0.3, -0.25) is 0 Å². The maximum Gasteiger partial charge on any atom is 0.245 e. The van der Waals surface area contributed by atoms with Crippen LogP contribution in [0.3, 0.4) is 0 Å². The molecule has 1 aliphatic carbocycles. The molecular formula is C16H25N7O2. The Labute approximate surface area is 146 Å². The number of hydrogen-bond donors (Lipinski definition) is 2. The van der Waals surface area contributed by atoms with Gasteiger partial charge in [0.15, 0.2) is 11.6 Å². The smallest absolute Gasteiger partial charge is 0.245 e. The number of nitrogens with one attached hydrogen (secondary N) is 2. The van der Waals surface area contributed by atoms with E-state index < -0.39 is 0 Å². The fourth-order valence-corrected chi connectivity index (χ4v) is 3.27. The number of nitrogens with zero attached hydrogens (tertiary/aromatic N) is 5. The monoisotopic (exact) mass is 347 g/mol. The number of methoxy groups -OCH3 is 1. The number of likely N-dealkylation sites (tertiary alicyclic amines) is 1. The summed E-state index contributed by atoms with van der Waals surface area (Å²) in [5.74, 6) is 2.08. The SMILES string of the molecule is COCCN1CCC[C@H](CNc2nc3nonc3nc2NC2CC2)C1. The summed E-state index contributed by atoms with van der Waals surface area (Å²) >= 11 is 0. The van der Waals surface area contributed by atoms with Crippen LogP contribution in [0.25, 0.3) is 11.3 Å². The van der Waals surface area contributed by atoms with E-state index in [-0.39, 0.29) is 0 Å². The number of fused-ring (bicyclic) bond motifs is 1. The molecule has 0 spiro atoms. The standard InChI is InChI=1S/C16H25N7O2/c1-24-8-7-23-6-2-3-11(10-23)9-17-13-14(18-12-4-5-12)20-16-15(19-13)21-25-22-16/h11-12H,2-10H2,1H3,(H,17,19,21)(H,18,20,22)/t11-/m1/s1. The third-order valence-corrected chi connectivity index (χ3v) is 4.81. The first-order valence-corrected chi connectivity index (χ1v) is 9.04. The maximum atomic E-state index is 5.20. The minimum Gasteiger partial charge on any atom is -0.383 e. The number of ether oxygens (including phenoxy) is 1. The highest BCUT2D eigenvalue weighted by molar-refractivity contribution is 5.73. The average Bonchev–Trinajstić information content (AvgIpc) is 3.33. The molecule has 25 heavy (non-hydrogen) atoms. The van der Waals surface area contributed by atoms with E-state index in [2.05, 4.69) is 35.8 Å². The number of rotatable bonds is 8. The second-order valence-corrected chi connectivity index (χ2v) is 6.93. The Morgan fingerprint density at radius 3 is 2.72 bits per heavy atom. The molecule has 0 bridgehead atoms. The molecule has 2 aromatic rings. The van der Waals surface area contributed by atoms with Crippen LogP contribution in [0.5, 0.6) is 0 Å². The van der Waals surface area contributed by atoms with Gasteiger partial charge in [-0.15, -0.1) is 0 Å². The number of anilines is 2. The van der Waals surface area contributed by atoms with E-state index in [4.69, 9.17) is 9.37 Å². The Hall–Kier alpha value is -2.00. The normalized spacial score (nSPS) is 21.6. The molecule has 136 valence electrons. The predicted molar refractivity (Wildman–Crippen MR) is 93.6 cm³/mol. The summed E-state index contributed by atoms with van der Waals surface area (Å²) in [6.45, 7) is 4.90. The van der Waals surface area contributed by atoms with Gasteiger partial charge in [-0.05, 0) is 48.5 Å². The van der Waals surface area contributed by atoms with Crippen molar-refractivity contribution in [3.05, 3.63) is 0 Å². The van der Waals surface area contributed by atoms with Crippen LogP contribution in [0, 0.1) is 5.92 Å². The lowest BCUT2D eigenvalue weighted by molar-refractivity contribution is 0.117. The highest BCUT2D eigenvalue weighted by Gasteiger charge is 2.25. The van der Waals surface area contributed by atoms with E-state index in [1.165, 1.54) is 25.7 Å². The first-order chi connectivity index (χ1) is 12.3. The van der Waals surface area contributed by atoms with Crippen LogP contribution >= 0.6 is 0 Å². The van der Waals surface area contributed by atoms with Crippen molar-refractivity contribution >= 4 is 22.9 Å². The lowest BCUT2D eigenvalue weighted by Crippen LogP contribution is -2.39. The second-order valence-electron chi connectivity index (χ2n) is 6.93. The molecule has 2 fully saturated rings. The Kier molecular flexibility index (Phi) is 4.93. The van der Waals surface area contributed by atoms with Gasteiger partial charge in [0.2, 0.25) is 11.3 Å². The third-order valence-electron chi connectivity index (χ3n) is 4.81. The summed E-state index contributed by atoms with van der Waals surface area (Å²) in [6, 6.07) is 0.492. The predicted octanol–water partition coefficient (Wildman–Crippen LogP) is 1.36. The number of piperidine rings is 1. The maximum absolute atomic E-state index is 5.20. The summed E-state index contributed by atoms with van der Waals surface area (Å²) in [5.41, 5.74) is 0.881. The van der Waals surface area contributed by atoms with Gasteiger partial charge in [0, 0.05) is 32.8 Å². The third kappa shape index (κ3) is 4.16. The lowest BCUT2D eigenvalue weighted by atomic mass is 9.98. The molecular weight excluding hydrogens is 322 g/mol.